The van der Waals surface area contributed by atoms with Crippen LogP contribution in [-0.4, -0.2) is 29.9 Å². The van der Waals surface area contributed by atoms with E-state index in [1.165, 1.54) is 5.56 Å². The van der Waals surface area contributed by atoms with Gasteiger partial charge in [-0.05, 0) is 72.0 Å². The number of carbonyl (C=O) groups excluding carboxylic acids is 2. The molecule has 6 heteroatoms. The molecule has 6 nitrogen and oxygen atoms in total. The zero-order valence-electron chi connectivity index (χ0n) is 19.2. The molecule has 0 fully saturated rings. The number of aromatic nitrogens is 1. The molecule has 0 unspecified atom stereocenters. The van der Waals surface area contributed by atoms with Crippen LogP contribution in [-0.2, 0) is 17.6 Å². The summed E-state index contributed by atoms with van der Waals surface area (Å²) in [6, 6.07) is 26.6. The zero-order chi connectivity index (χ0) is 24.0. The van der Waals surface area contributed by atoms with Crippen molar-refractivity contribution in [1.82, 2.24) is 4.98 Å². The van der Waals surface area contributed by atoms with Crippen molar-refractivity contribution in [2.75, 3.05) is 23.4 Å². The van der Waals surface area contributed by atoms with Gasteiger partial charge in [0.15, 0.2) is 6.61 Å². The van der Waals surface area contributed by atoms with Gasteiger partial charge in [-0.2, -0.15) is 0 Å². The molecule has 35 heavy (non-hydrogen) atoms. The van der Waals surface area contributed by atoms with E-state index < -0.39 is 0 Å². The molecule has 0 atom stereocenters. The highest BCUT2D eigenvalue weighted by Gasteiger charge is 2.24. The van der Waals surface area contributed by atoms with Crippen LogP contribution < -0.4 is 15.0 Å². The molecule has 1 aliphatic rings. The number of rotatable bonds is 7. The van der Waals surface area contributed by atoms with E-state index in [-0.39, 0.29) is 18.4 Å². The number of ether oxygens (including phenoxy) is 1. The van der Waals surface area contributed by atoms with Gasteiger partial charge in [-0.15, -0.1) is 0 Å². The number of nitrogens with one attached hydrogen (secondary N) is 1. The van der Waals surface area contributed by atoms with Gasteiger partial charge in [-0.25, -0.2) is 0 Å². The number of nitrogens with zero attached hydrogens (tertiary/aromatic N) is 2. The fourth-order valence-electron chi connectivity index (χ4n) is 4.24. The number of carbonyl (C=O) groups is 2. The lowest BCUT2D eigenvalue weighted by atomic mass is 10.1. The zero-order valence-corrected chi connectivity index (χ0v) is 19.2. The molecule has 1 N–H and O–H groups in total. The molecule has 0 aliphatic carbocycles. The van der Waals surface area contributed by atoms with E-state index in [1.54, 1.807) is 41.6 Å². The van der Waals surface area contributed by atoms with E-state index in [1.807, 2.05) is 60.7 Å². The smallest absolute Gasteiger partial charge is 0.264 e. The summed E-state index contributed by atoms with van der Waals surface area (Å²) in [6.45, 7) is 0.503. The van der Waals surface area contributed by atoms with E-state index in [9.17, 15) is 9.59 Å². The van der Waals surface area contributed by atoms with Crippen molar-refractivity contribution < 1.29 is 14.3 Å². The van der Waals surface area contributed by atoms with Crippen LogP contribution in [0.15, 0.2) is 97.3 Å². The second kappa shape index (κ2) is 10.2. The minimum atomic E-state index is -0.290. The average Bonchev–Trinajstić information content (AvgIpc) is 3.33. The Labute approximate surface area is 204 Å². The Balaban J connectivity index is 1.22. The van der Waals surface area contributed by atoms with Gasteiger partial charge in [-0.3, -0.25) is 14.6 Å². The molecule has 0 saturated carbocycles. The van der Waals surface area contributed by atoms with Crippen molar-refractivity contribution in [2.24, 2.45) is 0 Å². The fraction of sp³-hybridized carbons (Fsp3) is 0.138. The standard InChI is InChI=1S/C29H25N3O3/c33-28(32-18-15-23-5-1-3-7-26(23)32)20-35-27-8-4-2-6-25(27)29(34)31-24-11-9-21(10-12-24)19-22-13-16-30-17-14-22/h1-14,16-17H,15,18-20H2,(H,31,34). The van der Waals surface area contributed by atoms with E-state index in [0.717, 1.165) is 29.7 Å². The average molecular weight is 464 g/mol. The van der Waals surface area contributed by atoms with Gasteiger partial charge in [0.2, 0.25) is 0 Å². The molecule has 0 spiro atoms. The summed E-state index contributed by atoms with van der Waals surface area (Å²) in [5.41, 5.74) is 5.47. The third-order valence-electron chi connectivity index (χ3n) is 6.04. The first-order valence-electron chi connectivity index (χ1n) is 11.6. The maximum absolute atomic E-state index is 13.0. The first kappa shape index (κ1) is 22.3. The highest BCUT2D eigenvalue weighted by Crippen LogP contribution is 2.28. The lowest BCUT2D eigenvalue weighted by molar-refractivity contribution is -0.120. The van der Waals surface area contributed by atoms with Crippen LogP contribution in [0.25, 0.3) is 0 Å². The molecule has 4 aromatic rings. The highest BCUT2D eigenvalue weighted by atomic mass is 16.5. The van der Waals surface area contributed by atoms with Crippen molar-refractivity contribution in [3.05, 3.63) is 120 Å². The van der Waals surface area contributed by atoms with Crippen LogP contribution in [0, 0.1) is 0 Å². The van der Waals surface area contributed by atoms with Gasteiger partial charge in [0, 0.05) is 30.3 Å². The van der Waals surface area contributed by atoms with E-state index in [2.05, 4.69) is 10.3 Å². The Bertz CT molecular complexity index is 1340. The van der Waals surface area contributed by atoms with Crippen LogP contribution in [0.3, 0.4) is 0 Å². The van der Waals surface area contributed by atoms with Gasteiger partial charge >= 0.3 is 0 Å². The van der Waals surface area contributed by atoms with Gasteiger partial charge in [-0.1, -0.05) is 42.5 Å². The third kappa shape index (κ3) is 5.22. The Morgan fingerprint density at radius 1 is 0.857 bits per heavy atom. The molecule has 2 heterocycles. The largest absolute Gasteiger partial charge is 0.483 e. The molecule has 174 valence electrons. The monoisotopic (exact) mass is 463 g/mol. The molecule has 1 aromatic heterocycles. The molecule has 0 bridgehead atoms. The first-order chi connectivity index (χ1) is 17.2. The minimum absolute atomic E-state index is 0.130. The summed E-state index contributed by atoms with van der Waals surface area (Å²) >= 11 is 0. The first-order valence-corrected chi connectivity index (χ1v) is 11.6. The topological polar surface area (TPSA) is 71.5 Å². The number of amides is 2. The minimum Gasteiger partial charge on any atom is -0.483 e. The number of anilines is 2. The highest BCUT2D eigenvalue weighted by molar-refractivity contribution is 6.06. The van der Waals surface area contributed by atoms with Crippen molar-refractivity contribution in [3.63, 3.8) is 0 Å². The quantitative estimate of drug-likeness (QED) is 0.424. The Hall–Kier alpha value is -4.45. The molecule has 3 aromatic carbocycles. The summed E-state index contributed by atoms with van der Waals surface area (Å²) in [6.07, 6.45) is 5.19. The summed E-state index contributed by atoms with van der Waals surface area (Å²) < 4.78 is 5.81. The van der Waals surface area contributed by atoms with Crippen molar-refractivity contribution in [2.45, 2.75) is 12.8 Å². The maximum atomic E-state index is 13.0. The number of hydrogen-bond donors (Lipinski definition) is 1. The normalized spacial score (nSPS) is 12.2. The van der Waals surface area contributed by atoms with Crippen LogP contribution in [0.1, 0.15) is 27.0 Å². The number of para-hydroxylation sites is 2. The summed E-state index contributed by atoms with van der Waals surface area (Å²) in [5.74, 6) is -0.0449. The predicted molar refractivity (Wildman–Crippen MR) is 136 cm³/mol. The predicted octanol–water partition coefficient (Wildman–Crippen LogP) is 4.89. The fourth-order valence-corrected chi connectivity index (χ4v) is 4.24. The number of pyridine rings is 1. The Kier molecular flexibility index (Phi) is 6.52. The van der Waals surface area contributed by atoms with Crippen molar-refractivity contribution in [3.8, 4) is 5.75 Å². The summed E-state index contributed by atoms with van der Waals surface area (Å²) in [7, 11) is 0. The summed E-state index contributed by atoms with van der Waals surface area (Å²) in [5, 5.41) is 2.92. The number of fused-ring (bicyclic) bond motifs is 1. The van der Waals surface area contributed by atoms with E-state index in [0.29, 0.717) is 23.5 Å². The number of hydrogen-bond acceptors (Lipinski definition) is 4. The lowest BCUT2D eigenvalue weighted by Crippen LogP contribution is -2.33. The molecular formula is C29H25N3O3. The Morgan fingerprint density at radius 2 is 1.57 bits per heavy atom. The molecule has 0 saturated heterocycles. The maximum Gasteiger partial charge on any atom is 0.264 e. The number of benzene rings is 3. The molecule has 2 amide bonds. The SMILES string of the molecule is O=C(Nc1ccc(Cc2ccncc2)cc1)c1ccccc1OCC(=O)N1CCc2ccccc21. The van der Waals surface area contributed by atoms with Crippen LogP contribution in [0.2, 0.25) is 0 Å². The van der Waals surface area contributed by atoms with Crippen LogP contribution in [0.5, 0.6) is 5.75 Å². The van der Waals surface area contributed by atoms with Crippen molar-refractivity contribution in [1.29, 1.82) is 0 Å². The van der Waals surface area contributed by atoms with Gasteiger partial charge in [0.1, 0.15) is 5.75 Å². The third-order valence-corrected chi connectivity index (χ3v) is 6.04. The van der Waals surface area contributed by atoms with Crippen LogP contribution >= 0.6 is 0 Å². The van der Waals surface area contributed by atoms with Gasteiger partial charge < -0.3 is 15.0 Å². The molecule has 0 radical (unpaired) electrons. The molecule has 1 aliphatic heterocycles. The molecular weight excluding hydrogens is 438 g/mol. The van der Waals surface area contributed by atoms with Gasteiger partial charge in [0.05, 0.1) is 5.56 Å². The van der Waals surface area contributed by atoms with E-state index in [4.69, 9.17) is 4.74 Å². The second-order valence-electron chi connectivity index (χ2n) is 8.39. The Morgan fingerprint density at radius 3 is 2.40 bits per heavy atom. The van der Waals surface area contributed by atoms with E-state index >= 15 is 0 Å². The van der Waals surface area contributed by atoms with Gasteiger partial charge in [0.25, 0.3) is 11.8 Å². The van der Waals surface area contributed by atoms with Crippen LogP contribution in [0.4, 0.5) is 11.4 Å². The molecule has 5 rings (SSSR count). The van der Waals surface area contributed by atoms with Crippen molar-refractivity contribution >= 4 is 23.2 Å². The summed E-state index contributed by atoms with van der Waals surface area (Å²) in [4.78, 5) is 31.6. The second-order valence-corrected chi connectivity index (χ2v) is 8.39. The lowest BCUT2D eigenvalue weighted by Gasteiger charge is -2.18.